The minimum atomic E-state index is 0.439. The minimum Gasteiger partial charge on any atom is -0.381 e. The van der Waals surface area contributed by atoms with Gasteiger partial charge in [-0.15, -0.1) is 0 Å². The molecule has 1 fully saturated rings. The number of piperidine rings is 1. The van der Waals surface area contributed by atoms with E-state index in [0.29, 0.717) is 12.6 Å². The number of anilines is 1. The van der Waals surface area contributed by atoms with Gasteiger partial charge in [0.05, 0.1) is 6.10 Å². The van der Waals surface area contributed by atoms with E-state index < -0.39 is 0 Å². The molecular formula is C13H20N2O. The van der Waals surface area contributed by atoms with Crippen LogP contribution in [-0.4, -0.2) is 26.3 Å². The Bertz CT molecular complexity index is 332. The molecule has 1 heterocycles. The first-order chi connectivity index (χ1) is 7.83. The fourth-order valence-corrected chi connectivity index (χ4v) is 2.23. The molecule has 88 valence electrons. The van der Waals surface area contributed by atoms with Gasteiger partial charge in [0, 0.05) is 32.4 Å². The van der Waals surface area contributed by atoms with Crippen molar-refractivity contribution in [3.8, 4) is 0 Å². The van der Waals surface area contributed by atoms with E-state index in [2.05, 4.69) is 29.2 Å². The van der Waals surface area contributed by atoms with Gasteiger partial charge in [0.15, 0.2) is 0 Å². The predicted octanol–water partition coefficient (Wildman–Crippen LogP) is 1.76. The maximum atomic E-state index is 5.65. The number of nitrogens with zero attached hydrogens (tertiary/aromatic N) is 1. The van der Waals surface area contributed by atoms with Crippen LogP contribution < -0.4 is 10.6 Å². The SMILES string of the molecule is COC1CCN(c2cccc(CN)c2)CC1. The topological polar surface area (TPSA) is 38.5 Å². The van der Waals surface area contributed by atoms with E-state index in [1.54, 1.807) is 7.11 Å². The van der Waals surface area contributed by atoms with Crippen molar-refractivity contribution in [2.45, 2.75) is 25.5 Å². The van der Waals surface area contributed by atoms with E-state index in [0.717, 1.165) is 25.9 Å². The van der Waals surface area contributed by atoms with Crippen molar-refractivity contribution >= 4 is 5.69 Å². The third-order valence-corrected chi connectivity index (χ3v) is 3.29. The Morgan fingerprint density at radius 2 is 2.12 bits per heavy atom. The number of nitrogens with two attached hydrogens (primary N) is 1. The summed E-state index contributed by atoms with van der Waals surface area (Å²) in [6.45, 7) is 2.77. The van der Waals surface area contributed by atoms with Gasteiger partial charge in [-0.25, -0.2) is 0 Å². The molecule has 0 amide bonds. The molecule has 3 nitrogen and oxygen atoms in total. The predicted molar refractivity (Wildman–Crippen MR) is 66.6 cm³/mol. The van der Waals surface area contributed by atoms with Gasteiger partial charge in [0.25, 0.3) is 0 Å². The highest BCUT2D eigenvalue weighted by atomic mass is 16.5. The van der Waals surface area contributed by atoms with Crippen LogP contribution in [0.1, 0.15) is 18.4 Å². The maximum Gasteiger partial charge on any atom is 0.0605 e. The highest BCUT2D eigenvalue weighted by Gasteiger charge is 2.18. The van der Waals surface area contributed by atoms with Gasteiger partial charge in [-0.1, -0.05) is 12.1 Å². The van der Waals surface area contributed by atoms with Gasteiger partial charge in [0.1, 0.15) is 0 Å². The van der Waals surface area contributed by atoms with Crippen molar-refractivity contribution in [3.63, 3.8) is 0 Å². The lowest BCUT2D eigenvalue weighted by Gasteiger charge is -2.33. The van der Waals surface area contributed by atoms with Crippen LogP contribution in [0.15, 0.2) is 24.3 Å². The van der Waals surface area contributed by atoms with E-state index in [1.807, 2.05) is 0 Å². The second kappa shape index (κ2) is 5.32. The standard InChI is InChI=1S/C13H20N2O/c1-16-13-5-7-15(8-6-13)12-4-2-3-11(9-12)10-14/h2-4,9,13H,5-8,10,14H2,1H3. The Balaban J connectivity index is 2.02. The molecule has 0 spiro atoms. The summed E-state index contributed by atoms with van der Waals surface area (Å²) in [7, 11) is 1.80. The van der Waals surface area contributed by atoms with E-state index in [1.165, 1.54) is 11.3 Å². The van der Waals surface area contributed by atoms with Gasteiger partial charge >= 0.3 is 0 Å². The molecular weight excluding hydrogens is 200 g/mol. The molecule has 1 aromatic carbocycles. The summed E-state index contributed by atoms with van der Waals surface area (Å²) in [5, 5.41) is 0. The van der Waals surface area contributed by atoms with Crippen molar-refractivity contribution in [2.75, 3.05) is 25.1 Å². The van der Waals surface area contributed by atoms with Gasteiger partial charge < -0.3 is 15.4 Å². The van der Waals surface area contributed by atoms with Crippen molar-refractivity contribution in [3.05, 3.63) is 29.8 Å². The average molecular weight is 220 g/mol. The largest absolute Gasteiger partial charge is 0.381 e. The number of ether oxygens (including phenoxy) is 1. The Morgan fingerprint density at radius 1 is 1.38 bits per heavy atom. The molecule has 1 aliphatic heterocycles. The molecule has 1 saturated heterocycles. The van der Waals surface area contributed by atoms with E-state index >= 15 is 0 Å². The van der Waals surface area contributed by atoms with Crippen LogP contribution in [-0.2, 0) is 11.3 Å². The Kier molecular flexibility index (Phi) is 3.80. The zero-order valence-electron chi connectivity index (χ0n) is 9.86. The van der Waals surface area contributed by atoms with Crippen LogP contribution in [0.2, 0.25) is 0 Å². The van der Waals surface area contributed by atoms with Gasteiger partial charge in [-0.3, -0.25) is 0 Å². The molecule has 0 bridgehead atoms. The number of hydrogen-bond donors (Lipinski definition) is 1. The first kappa shape index (κ1) is 11.4. The Labute approximate surface area is 97.2 Å². The third kappa shape index (κ3) is 2.54. The number of rotatable bonds is 3. The zero-order chi connectivity index (χ0) is 11.4. The molecule has 0 aliphatic carbocycles. The number of methoxy groups -OCH3 is 1. The summed E-state index contributed by atoms with van der Waals surface area (Å²) in [5.74, 6) is 0. The molecule has 16 heavy (non-hydrogen) atoms. The normalized spacial score (nSPS) is 17.8. The third-order valence-electron chi connectivity index (χ3n) is 3.29. The van der Waals surface area contributed by atoms with E-state index in [9.17, 15) is 0 Å². The molecule has 0 radical (unpaired) electrons. The lowest BCUT2D eigenvalue weighted by atomic mass is 10.1. The second-order valence-electron chi connectivity index (χ2n) is 4.30. The summed E-state index contributed by atoms with van der Waals surface area (Å²) in [6.07, 6.45) is 2.67. The summed E-state index contributed by atoms with van der Waals surface area (Å²) in [6, 6.07) is 8.50. The zero-order valence-corrected chi connectivity index (χ0v) is 9.86. The van der Waals surface area contributed by atoms with Gasteiger partial charge in [-0.2, -0.15) is 0 Å². The average Bonchev–Trinajstić information content (AvgIpc) is 2.39. The molecule has 2 N–H and O–H groups in total. The molecule has 0 unspecified atom stereocenters. The lowest BCUT2D eigenvalue weighted by Crippen LogP contribution is -2.36. The first-order valence-electron chi connectivity index (χ1n) is 5.90. The lowest BCUT2D eigenvalue weighted by molar-refractivity contribution is 0.0819. The quantitative estimate of drug-likeness (QED) is 0.843. The summed E-state index contributed by atoms with van der Waals surface area (Å²) >= 11 is 0. The fourth-order valence-electron chi connectivity index (χ4n) is 2.23. The smallest absolute Gasteiger partial charge is 0.0605 e. The van der Waals surface area contributed by atoms with E-state index in [4.69, 9.17) is 10.5 Å². The fraction of sp³-hybridized carbons (Fsp3) is 0.538. The molecule has 2 rings (SSSR count). The van der Waals surface area contributed by atoms with Crippen LogP contribution in [0.3, 0.4) is 0 Å². The highest BCUT2D eigenvalue weighted by Crippen LogP contribution is 2.21. The van der Waals surface area contributed by atoms with Crippen LogP contribution in [0.25, 0.3) is 0 Å². The molecule has 0 atom stereocenters. The maximum absolute atomic E-state index is 5.65. The minimum absolute atomic E-state index is 0.439. The molecule has 0 saturated carbocycles. The first-order valence-corrected chi connectivity index (χ1v) is 5.90. The molecule has 1 aliphatic rings. The van der Waals surface area contributed by atoms with Crippen molar-refractivity contribution < 1.29 is 4.74 Å². The van der Waals surface area contributed by atoms with Gasteiger partial charge in [0.2, 0.25) is 0 Å². The summed E-state index contributed by atoms with van der Waals surface area (Å²) in [5.41, 5.74) is 8.14. The number of benzene rings is 1. The van der Waals surface area contributed by atoms with Gasteiger partial charge in [-0.05, 0) is 30.5 Å². The van der Waals surface area contributed by atoms with Crippen LogP contribution in [0.5, 0.6) is 0 Å². The monoisotopic (exact) mass is 220 g/mol. The van der Waals surface area contributed by atoms with Crippen molar-refractivity contribution in [1.29, 1.82) is 0 Å². The highest BCUT2D eigenvalue weighted by molar-refractivity contribution is 5.49. The molecule has 0 aromatic heterocycles. The Hall–Kier alpha value is -1.06. The molecule has 3 heteroatoms. The van der Waals surface area contributed by atoms with Crippen LogP contribution in [0.4, 0.5) is 5.69 Å². The van der Waals surface area contributed by atoms with E-state index in [-0.39, 0.29) is 0 Å². The van der Waals surface area contributed by atoms with Crippen molar-refractivity contribution in [2.24, 2.45) is 5.73 Å². The van der Waals surface area contributed by atoms with Crippen molar-refractivity contribution in [1.82, 2.24) is 0 Å². The van der Waals surface area contributed by atoms with Crippen LogP contribution in [0, 0.1) is 0 Å². The Morgan fingerprint density at radius 3 is 2.75 bits per heavy atom. The van der Waals surface area contributed by atoms with Crippen LogP contribution >= 0.6 is 0 Å². The summed E-state index contributed by atoms with van der Waals surface area (Å²) < 4.78 is 5.37. The molecule has 1 aromatic rings. The number of hydrogen-bond acceptors (Lipinski definition) is 3. The summed E-state index contributed by atoms with van der Waals surface area (Å²) in [4.78, 5) is 2.41. The second-order valence-corrected chi connectivity index (χ2v) is 4.30.